The number of carbonyl (C=O) groups excluding carboxylic acids is 3. The van der Waals surface area contributed by atoms with Crippen molar-refractivity contribution in [2.45, 2.75) is 18.9 Å². The molecule has 3 aromatic rings. The van der Waals surface area contributed by atoms with E-state index in [1.807, 2.05) is 42.1 Å². The van der Waals surface area contributed by atoms with Crippen LogP contribution < -0.4 is 16.0 Å². The van der Waals surface area contributed by atoms with E-state index in [9.17, 15) is 14.4 Å². The minimum atomic E-state index is -0.762. The second kappa shape index (κ2) is 7.19. The number of aryl methyl sites for hydroxylation is 1. The third kappa shape index (κ3) is 3.46. The van der Waals surface area contributed by atoms with Crippen molar-refractivity contribution >= 4 is 40.0 Å². The van der Waals surface area contributed by atoms with Gasteiger partial charge in [0, 0.05) is 36.3 Å². The fourth-order valence-corrected chi connectivity index (χ4v) is 3.37. The highest BCUT2D eigenvalue weighted by Gasteiger charge is 2.27. The molecule has 28 heavy (non-hydrogen) atoms. The molecule has 0 spiro atoms. The number of anilines is 2. The predicted molar refractivity (Wildman–Crippen MR) is 107 cm³/mol. The van der Waals surface area contributed by atoms with Gasteiger partial charge in [0.2, 0.25) is 11.8 Å². The van der Waals surface area contributed by atoms with Crippen molar-refractivity contribution < 1.29 is 14.4 Å². The van der Waals surface area contributed by atoms with Crippen molar-refractivity contribution in [2.75, 3.05) is 10.6 Å². The first kappa shape index (κ1) is 17.8. The van der Waals surface area contributed by atoms with Crippen LogP contribution in [0.15, 0.2) is 54.7 Å². The number of fused-ring (bicyclic) bond motifs is 2. The van der Waals surface area contributed by atoms with E-state index < -0.39 is 6.04 Å². The highest BCUT2D eigenvalue weighted by molar-refractivity contribution is 6.10. The van der Waals surface area contributed by atoms with Crippen LogP contribution in [-0.4, -0.2) is 28.3 Å². The molecule has 0 unspecified atom stereocenters. The molecule has 0 aliphatic carbocycles. The molecule has 0 saturated heterocycles. The number of hydrogen-bond donors (Lipinski definition) is 3. The van der Waals surface area contributed by atoms with Crippen molar-refractivity contribution in [3.8, 4) is 0 Å². The van der Waals surface area contributed by atoms with Crippen LogP contribution in [0, 0.1) is 0 Å². The van der Waals surface area contributed by atoms with Crippen LogP contribution in [-0.2, 0) is 16.6 Å². The predicted octanol–water partition coefficient (Wildman–Crippen LogP) is 2.65. The molecule has 1 aliphatic rings. The number of carbonyl (C=O) groups is 3. The molecule has 0 fully saturated rings. The van der Waals surface area contributed by atoms with Crippen LogP contribution in [0.2, 0.25) is 0 Å². The summed E-state index contributed by atoms with van der Waals surface area (Å²) in [7, 11) is 1.96. The molecule has 0 radical (unpaired) electrons. The largest absolute Gasteiger partial charge is 0.351 e. The van der Waals surface area contributed by atoms with E-state index >= 15 is 0 Å². The number of amides is 3. The Hall–Kier alpha value is -3.61. The van der Waals surface area contributed by atoms with Crippen LogP contribution in [0.3, 0.4) is 0 Å². The number of para-hydroxylation sites is 1. The van der Waals surface area contributed by atoms with Crippen LogP contribution >= 0.6 is 0 Å². The average Bonchev–Trinajstić information content (AvgIpc) is 2.99. The van der Waals surface area contributed by atoms with Gasteiger partial charge >= 0.3 is 0 Å². The summed E-state index contributed by atoms with van der Waals surface area (Å²) < 4.78 is 2.01. The molecule has 2 heterocycles. The number of benzene rings is 2. The van der Waals surface area contributed by atoms with Crippen LogP contribution in [0.4, 0.5) is 11.4 Å². The first-order valence-electron chi connectivity index (χ1n) is 9.07. The van der Waals surface area contributed by atoms with Crippen molar-refractivity contribution in [3.63, 3.8) is 0 Å². The van der Waals surface area contributed by atoms with Gasteiger partial charge in [-0.25, -0.2) is 0 Å². The lowest BCUT2D eigenvalue weighted by Gasteiger charge is -2.14. The summed E-state index contributed by atoms with van der Waals surface area (Å²) in [4.78, 5) is 37.0. The monoisotopic (exact) mass is 376 g/mol. The molecule has 0 saturated carbocycles. The fourth-order valence-electron chi connectivity index (χ4n) is 3.37. The summed E-state index contributed by atoms with van der Waals surface area (Å²) >= 11 is 0. The van der Waals surface area contributed by atoms with Gasteiger partial charge in [0.05, 0.1) is 11.3 Å². The molecule has 1 atom stereocenters. The Kier molecular flexibility index (Phi) is 4.57. The van der Waals surface area contributed by atoms with E-state index in [0.29, 0.717) is 16.9 Å². The zero-order chi connectivity index (χ0) is 19.7. The highest BCUT2D eigenvalue weighted by Crippen LogP contribution is 2.21. The Morgan fingerprint density at radius 3 is 2.82 bits per heavy atom. The summed E-state index contributed by atoms with van der Waals surface area (Å²) in [5.74, 6) is -0.857. The number of hydrogen-bond acceptors (Lipinski definition) is 3. The number of aromatic nitrogens is 1. The van der Waals surface area contributed by atoms with Crippen LogP contribution in [0.25, 0.3) is 10.9 Å². The van der Waals surface area contributed by atoms with Gasteiger partial charge in [-0.3, -0.25) is 14.4 Å². The van der Waals surface area contributed by atoms with E-state index in [1.54, 1.807) is 24.3 Å². The number of nitrogens with zero attached hydrogens (tertiary/aromatic N) is 1. The maximum atomic E-state index is 12.4. The third-order valence-corrected chi connectivity index (χ3v) is 4.88. The normalized spacial score (nSPS) is 16.1. The lowest BCUT2D eigenvalue weighted by Crippen LogP contribution is -2.41. The fraction of sp³-hybridized carbons (Fsp3) is 0.190. The van der Waals surface area contributed by atoms with Gasteiger partial charge in [-0.05, 0) is 42.8 Å². The van der Waals surface area contributed by atoms with Gasteiger partial charge < -0.3 is 20.5 Å². The Balaban J connectivity index is 1.39. The minimum absolute atomic E-state index is 0.113. The van der Waals surface area contributed by atoms with Crippen molar-refractivity contribution in [1.82, 2.24) is 9.88 Å². The zero-order valence-electron chi connectivity index (χ0n) is 15.4. The SMILES string of the molecule is Cn1ccc2cc(NC(=O)CC[C@H]3NC(=O)c4ccccc4NC3=O)ccc21. The first-order chi connectivity index (χ1) is 13.5. The molecular weight excluding hydrogens is 356 g/mol. The molecule has 3 N–H and O–H groups in total. The summed E-state index contributed by atoms with van der Waals surface area (Å²) in [6, 6.07) is 13.7. The van der Waals surface area contributed by atoms with E-state index in [-0.39, 0.29) is 30.6 Å². The molecule has 142 valence electrons. The topological polar surface area (TPSA) is 92.2 Å². The van der Waals surface area contributed by atoms with E-state index in [1.165, 1.54) is 0 Å². The molecule has 3 amide bonds. The number of nitrogens with one attached hydrogen (secondary N) is 3. The summed E-state index contributed by atoms with van der Waals surface area (Å²) in [6.45, 7) is 0. The zero-order valence-corrected chi connectivity index (χ0v) is 15.4. The Bertz CT molecular complexity index is 1090. The maximum Gasteiger partial charge on any atom is 0.254 e. The smallest absolute Gasteiger partial charge is 0.254 e. The molecular formula is C21H20N4O3. The summed E-state index contributed by atoms with van der Waals surface area (Å²) in [6.07, 6.45) is 2.29. The van der Waals surface area contributed by atoms with Gasteiger partial charge in [-0.2, -0.15) is 0 Å². The van der Waals surface area contributed by atoms with E-state index in [0.717, 1.165) is 10.9 Å². The molecule has 1 aromatic heterocycles. The molecule has 2 aromatic carbocycles. The van der Waals surface area contributed by atoms with Crippen molar-refractivity contribution in [1.29, 1.82) is 0 Å². The molecule has 1 aliphatic heterocycles. The molecule has 7 heteroatoms. The van der Waals surface area contributed by atoms with E-state index in [2.05, 4.69) is 16.0 Å². The van der Waals surface area contributed by atoms with Gasteiger partial charge in [0.25, 0.3) is 5.91 Å². The average molecular weight is 376 g/mol. The lowest BCUT2D eigenvalue weighted by atomic mass is 10.1. The second-order valence-corrected chi connectivity index (χ2v) is 6.85. The first-order valence-corrected chi connectivity index (χ1v) is 9.07. The van der Waals surface area contributed by atoms with Crippen LogP contribution in [0.1, 0.15) is 23.2 Å². The quantitative estimate of drug-likeness (QED) is 0.654. The highest BCUT2D eigenvalue weighted by atomic mass is 16.2. The number of rotatable bonds is 4. The van der Waals surface area contributed by atoms with Gasteiger partial charge in [-0.1, -0.05) is 12.1 Å². The Morgan fingerprint density at radius 1 is 1.14 bits per heavy atom. The summed E-state index contributed by atoms with van der Waals surface area (Å²) in [5.41, 5.74) is 2.67. The molecule has 7 nitrogen and oxygen atoms in total. The Labute approximate surface area is 161 Å². The third-order valence-electron chi connectivity index (χ3n) is 4.88. The van der Waals surface area contributed by atoms with Crippen molar-refractivity contribution in [2.24, 2.45) is 7.05 Å². The standard InChI is InChI=1S/C21H20N4O3/c1-25-11-10-13-12-14(6-8-18(13)25)22-19(26)9-7-17-21(28)23-16-5-3-2-4-15(16)20(27)24-17/h2-6,8,10-12,17H,7,9H2,1H3,(H,22,26)(H,23,28)(H,24,27)/t17-/m1/s1. The van der Waals surface area contributed by atoms with Crippen molar-refractivity contribution in [3.05, 3.63) is 60.3 Å². The lowest BCUT2D eigenvalue weighted by molar-refractivity contribution is -0.118. The van der Waals surface area contributed by atoms with Gasteiger partial charge in [-0.15, -0.1) is 0 Å². The molecule has 4 rings (SSSR count). The Morgan fingerprint density at radius 2 is 1.96 bits per heavy atom. The maximum absolute atomic E-state index is 12.4. The molecule has 0 bridgehead atoms. The van der Waals surface area contributed by atoms with E-state index in [4.69, 9.17) is 0 Å². The summed E-state index contributed by atoms with van der Waals surface area (Å²) in [5, 5.41) is 9.32. The minimum Gasteiger partial charge on any atom is -0.351 e. The second-order valence-electron chi connectivity index (χ2n) is 6.85. The van der Waals surface area contributed by atoms with Crippen LogP contribution in [0.5, 0.6) is 0 Å². The van der Waals surface area contributed by atoms with Gasteiger partial charge in [0.1, 0.15) is 6.04 Å². The van der Waals surface area contributed by atoms with Gasteiger partial charge in [0.15, 0.2) is 0 Å².